The summed E-state index contributed by atoms with van der Waals surface area (Å²) < 4.78 is 5.18. The van der Waals surface area contributed by atoms with Crippen molar-refractivity contribution in [3.63, 3.8) is 0 Å². The Balaban J connectivity index is 2.38. The second-order valence-corrected chi connectivity index (χ2v) is 4.24. The molecule has 0 atom stereocenters. The SMILES string of the molecule is Oc1ccc(Cl)cc1C1(O)CCOCC1. The first-order valence-corrected chi connectivity index (χ1v) is 5.29. The Kier molecular flexibility index (Phi) is 2.87. The van der Waals surface area contributed by atoms with Crippen LogP contribution in [0.1, 0.15) is 18.4 Å². The molecule has 15 heavy (non-hydrogen) atoms. The average molecular weight is 229 g/mol. The van der Waals surface area contributed by atoms with Gasteiger partial charge in [0, 0.05) is 36.6 Å². The van der Waals surface area contributed by atoms with Gasteiger partial charge in [0.15, 0.2) is 0 Å². The molecule has 2 N–H and O–H groups in total. The normalized spacial score (nSPS) is 20.1. The highest BCUT2D eigenvalue weighted by Crippen LogP contribution is 2.38. The first-order valence-electron chi connectivity index (χ1n) is 4.91. The molecular formula is C11H13ClO3. The Labute approximate surface area is 93.3 Å². The number of hydrogen-bond acceptors (Lipinski definition) is 3. The summed E-state index contributed by atoms with van der Waals surface area (Å²) in [6.07, 6.45) is 0.974. The molecule has 82 valence electrons. The van der Waals surface area contributed by atoms with Crippen LogP contribution in [0.15, 0.2) is 18.2 Å². The van der Waals surface area contributed by atoms with E-state index in [1.807, 2.05) is 0 Å². The summed E-state index contributed by atoms with van der Waals surface area (Å²) in [4.78, 5) is 0. The molecular weight excluding hydrogens is 216 g/mol. The number of benzene rings is 1. The van der Waals surface area contributed by atoms with Crippen LogP contribution in [0, 0.1) is 0 Å². The van der Waals surface area contributed by atoms with Crippen molar-refractivity contribution in [2.45, 2.75) is 18.4 Å². The molecule has 0 spiro atoms. The van der Waals surface area contributed by atoms with Gasteiger partial charge in [-0.05, 0) is 18.2 Å². The van der Waals surface area contributed by atoms with Crippen molar-refractivity contribution in [2.75, 3.05) is 13.2 Å². The van der Waals surface area contributed by atoms with Crippen molar-refractivity contribution in [3.05, 3.63) is 28.8 Å². The van der Waals surface area contributed by atoms with Gasteiger partial charge in [-0.3, -0.25) is 0 Å². The minimum atomic E-state index is -1.01. The maximum absolute atomic E-state index is 10.3. The molecule has 0 unspecified atom stereocenters. The van der Waals surface area contributed by atoms with Gasteiger partial charge in [-0.15, -0.1) is 0 Å². The Hall–Kier alpha value is -0.770. The standard InChI is InChI=1S/C11H13ClO3/c12-8-1-2-10(13)9(7-8)11(14)3-5-15-6-4-11/h1-2,7,13-14H,3-6H2. The van der Waals surface area contributed by atoms with Crippen LogP contribution in [-0.4, -0.2) is 23.4 Å². The van der Waals surface area contributed by atoms with Crippen LogP contribution in [0.25, 0.3) is 0 Å². The Morgan fingerprint density at radius 2 is 1.93 bits per heavy atom. The molecule has 0 aromatic heterocycles. The van der Waals surface area contributed by atoms with Crippen LogP contribution >= 0.6 is 11.6 Å². The van der Waals surface area contributed by atoms with Crippen LogP contribution in [0.2, 0.25) is 5.02 Å². The van der Waals surface area contributed by atoms with Crippen molar-refractivity contribution in [1.82, 2.24) is 0 Å². The van der Waals surface area contributed by atoms with Crippen LogP contribution in [-0.2, 0) is 10.3 Å². The largest absolute Gasteiger partial charge is 0.508 e. The van der Waals surface area contributed by atoms with Gasteiger partial charge in [0.2, 0.25) is 0 Å². The van der Waals surface area contributed by atoms with Gasteiger partial charge in [-0.25, -0.2) is 0 Å². The summed E-state index contributed by atoms with van der Waals surface area (Å²) >= 11 is 5.84. The molecule has 1 aliphatic heterocycles. The second kappa shape index (κ2) is 4.00. The van der Waals surface area contributed by atoms with Crippen molar-refractivity contribution in [2.24, 2.45) is 0 Å². The maximum atomic E-state index is 10.3. The Morgan fingerprint density at radius 3 is 2.60 bits per heavy atom. The van der Waals surface area contributed by atoms with Gasteiger partial charge in [0.1, 0.15) is 5.75 Å². The number of halogens is 1. The molecule has 0 bridgehead atoms. The maximum Gasteiger partial charge on any atom is 0.121 e. The van der Waals surface area contributed by atoms with E-state index < -0.39 is 5.60 Å². The summed E-state index contributed by atoms with van der Waals surface area (Å²) in [6, 6.07) is 4.72. The van der Waals surface area contributed by atoms with Gasteiger partial charge in [0.05, 0.1) is 5.60 Å². The number of phenolic OH excluding ortho intramolecular Hbond substituents is 1. The first-order chi connectivity index (χ1) is 7.12. The first kappa shape index (κ1) is 10.7. The van der Waals surface area contributed by atoms with E-state index >= 15 is 0 Å². The summed E-state index contributed by atoms with van der Waals surface area (Å²) in [7, 11) is 0. The highest BCUT2D eigenvalue weighted by molar-refractivity contribution is 6.30. The number of ether oxygens (including phenoxy) is 1. The summed E-state index contributed by atoms with van der Waals surface area (Å²) in [5.74, 6) is 0.0869. The molecule has 1 aromatic carbocycles. The molecule has 1 aliphatic rings. The Morgan fingerprint density at radius 1 is 1.27 bits per heavy atom. The van der Waals surface area contributed by atoms with E-state index in [4.69, 9.17) is 16.3 Å². The third-order valence-corrected chi connectivity index (χ3v) is 3.02. The fourth-order valence-corrected chi connectivity index (χ4v) is 2.03. The molecule has 1 heterocycles. The van der Waals surface area contributed by atoms with Crippen LogP contribution < -0.4 is 0 Å². The molecule has 0 radical (unpaired) electrons. The monoisotopic (exact) mass is 228 g/mol. The van der Waals surface area contributed by atoms with E-state index in [9.17, 15) is 10.2 Å². The topological polar surface area (TPSA) is 49.7 Å². The molecule has 0 aliphatic carbocycles. The molecule has 3 nitrogen and oxygen atoms in total. The van der Waals surface area contributed by atoms with E-state index in [-0.39, 0.29) is 5.75 Å². The number of aromatic hydroxyl groups is 1. The van der Waals surface area contributed by atoms with E-state index in [1.165, 1.54) is 6.07 Å². The van der Waals surface area contributed by atoms with Gasteiger partial charge in [0.25, 0.3) is 0 Å². The lowest BCUT2D eigenvalue weighted by Gasteiger charge is -2.32. The highest BCUT2D eigenvalue weighted by atomic mass is 35.5. The fourth-order valence-electron chi connectivity index (χ4n) is 1.86. The summed E-state index contributed by atoms with van der Waals surface area (Å²) in [5.41, 5.74) is -0.508. The molecule has 4 heteroatoms. The minimum absolute atomic E-state index is 0.0869. The minimum Gasteiger partial charge on any atom is -0.508 e. The van der Waals surface area contributed by atoms with E-state index in [1.54, 1.807) is 12.1 Å². The van der Waals surface area contributed by atoms with E-state index in [0.29, 0.717) is 36.6 Å². The predicted molar refractivity (Wildman–Crippen MR) is 57.1 cm³/mol. The van der Waals surface area contributed by atoms with Crippen LogP contribution in [0.3, 0.4) is 0 Å². The van der Waals surface area contributed by atoms with Crippen molar-refractivity contribution < 1.29 is 14.9 Å². The van der Waals surface area contributed by atoms with Crippen molar-refractivity contribution >= 4 is 11.6 Å². The van der Waals surface area contributed by atoms with Gasteiger partial charge < -0.3 is 14.9 Å². The van der Waals surface area contributed by atoms with Gasteiger partial charge in [-0.1, -0.05) is 11.6 Å². The highest BCUT2D eigenvalue weighted by Gasteiger charge is 2.34. The lowest BCUT2D eigenvalue weighted by atomic mass is 9.86. The van der Waals surface area contributed by atoms with E-state index in [0.717, 1.165) is 0 Å². The smallest absolute Gasteiger partial charge is 0.121 e. The molecule has 1 fully saturated rings. The average Bonchev–Trinajstić information content (AvgIpc) is 2.23. The number of phenols is 1. The summed E-state index contributed by atoms with van der Waals surface area (Å²) in [5, 5.41) is 20.6. The van der Waals surface area contributed by atoms with Gasteiger partial charge in [-0.2, -0.15) is 0 Å². The lowest BCUT2D eigenvalue weighted by molar-refractivity contribution is -0.0689. The summed E-state index contributed by atoms with van der Waals surface area (Å²) in [6.45, 7) is 1.00. The molecule has 2 rings (SSSR count). The third kappa shape index (κ3) is 2.09. The molecule has 1 saturated heterocycles. The quantitative estimate of drug-likeness (QED) is 0.774. The zero-order valence-electron chi connectivity index (χ0n) is 8.24. The fraction of sp³-hybridized carbons (Fsp3) is 0.455. The molecule has 0 amide bonds. The van der Waals surface area contributed by atoms with Gasteiger partial charge >= 0.3 is 0 Å². The van der Waals surface area contributed by atoms with Crippen molar-refractivity contribution in [3.8, 4) is 5.75 Å². The van der Waals surface area contributed by atoms with E-state index in [2.05, 4.69) is 0 Å². The second-order valence-electron chi connectivity index (χ2n) is 3.81. The number of rotatable bonds is 1. The number of aliphatic hydroxyl groups is 1. The molecule has 1 aromatic rings. The Bertz CT molecular complexity index is 359. The third-order valence-electron chi connectivity index (χ3n) is 2.78. The van der Waals surface area contributed by atoms with Crippen molar-refractivity contribution in [1.29, 1.82) is 0 Å². The molecule has 0 saturated carbocycles. The zero-order valence-corrected chi connectivity index (χ0v) is 9.00. The zero-order chi connectivity index (χ0) is 10.9. The number of hydrogen-bond donors (Lipinski definition) is 2. The predicted octanol–water partition coefficient (Wildman–Crippen LogP) is 2.04. The van der Waals surface area contributed by atoms with Crippen LogP contribution in [0.4, 0.5) is 0 Å². The van der Waals surface area contributed by atoms with Crippen LogP contribution in [0.5, 0.6) is 5.75 Å². The lowest BCUT2D eigenvalue weighted by Crippen LogP contribution is -2.33.